The van der Waals surface area contributed by atoms with E-state index in [0.717, 1.165) is 32.1 Å². The van der Waals surface area contributed by atoms with Crippen LogP contribution in [0, 0.1) is 0 Å². The molecule has 0 aliphatic rings. The van der Waals surface area contributed by atoms with Crippen molar-refractivity contribution in [1.29, 1.82) is 0 Å². The van der Waals surface area contributed by atoms with Crippen LogP contribution in [0.2, 0.25) is 10.0 Å². The van der Waals surface area contributed by atoms with Crippen LogP contribution >= 0.6 is 23.2 Å². The Morgan fingerprint density at radius 3 is 2.20 bits per heavy atom. The molecule has 20 heavy (non-hydrogen) atoms. The summed E-state index contributed by atoms with van der Waals surface area (Å²) >= 11 is 11.4. The minimum atomic E-state index is 0.722. The lowest BCUT2D eigenvalue weighted by Gasteiger charge is -1.87. The summed E-state index contributed by atoms with van der Waals surface area (Å²) < 4.78 is 0. The molecule has 0 bridgehead atoms. The molecule has 0 aliphatic heterocycles. The molecule has 0 saturated carbocycles. The highest BCUT2D eigenvalue weighted by atomic mass is 35.5. The van der Waals surface area contributed by atoms with Gasteiger partial charge >= 0.3 is 0 Å². The van der Waals surface area contributed by atoms with E-state index in [9.17, 15) is 0 Å². The summed E-state index contributed by atoms with van der Waals surface area (Å²) in [6.07, 6.45) is 3.31. The zero-order valence-electron chi connectivity index (χ0n) is 10.3. The summed E-state index contributed by atoms with van der Waals surface area (Å²) in [5.41, 5.74) is 3.86. The molecule has 0 fully saturated rings. The van der Waals surface area contributed by atoms with E-state index in [1.165, 1.54) is 0 Å². The Hall–Kier alpha value is -2.04. The molecular formula is C14H10Cl2N4. The number of hydrogen-bond acceptors (Lipinski definition) is 2. The van der Waals surface area contributed by atoms with E-state index in [2.05, 4.69) is 19.9 Å². The molecule has 4 aromatic rings. The summed E-state index contributed by atoms with van der Waals surface area (Å²) in [6, 6.07) is 11.1. The normalized spacial score (nSPS) is 10.5. The Balaban J connectivity index is 0.000000121. The average molecular weight is 305 g/mol. The van der Waals surface area contributed by atoms with Crippen molar-refractivity contribution in [3.8, 4) is 0 Å². The van der Waals surface area contributed by atoms with E-state index < -0.39 is 0 Å². The lowest BCUT2D eigenvalue weighted by Crippen LogP contribution is -1.67. The Bertz CT molecular complexity index is 778. The number of fused-ring (bicyclic) bond motifs is 2. The Labute approximate surface area is 124 Å². The minimum Gasteiger partial charge on any atom is -0.345 e. The van der Waals surface area contributed by atoms with Gasteiger partial charge in [-0.25, -0.2) is 9.97 Å². The fraction of sp³-hybridized carbons (Fsp3) is 0. The number of aromatic amines is 2. The molecule has 0 aliphatic carbocycles. The number of hydrogen-bond donors (Lipinski definition) is 2. The topological polar surface area (TPSA) is 57.4 Å². The first-order valence-corrected chi connectivity index (χ1v) is 6.65. The van der Waals surface area contributed by atoms with Gasteiger partial charge in [0.2, 0.25) is 0 Å². The van der Waals surface area contributed by atoms with Crippen LogP contribution in [0.4, 0.5) is 0 Å². The monoisotopic (exact) mass is 304 g/mol. The predicted octanol–water partition coefficient (Wildman–Crippen LogP) is 4.43. The number of nitrogens with zero attached hydrogens (tertiary/aromatic N) is 2. The Kier molecular flexibility index (Phi) is 3.58. The summed E-state index contributed by atoms with van der Waals surface area (Å²) in [6.45, 7) is 0. The SMILES string of the molecule is Clc1ccc2[nH]cnc2c1.Clc1ccc2nc[nH]c2c1. The molecule has 4 nitrogen and oxygen atoms in total. The average Bonchev–Trinajstić information content (AvgIpc) is 3.06. The van der Waals surface area contributed by atoms with E-state index in [-0.39, 0.29) is 0 Å². The van der Waals surface area contributed by atoms with Crippen molar-refractivity contribution in [1.82, 2.24) is 19.9 Å². The summed E-state index contributed by atoms with van der Waals surface area (Å²) in [5, 5.41) is 1.45. The van der Waals surface area contributed by atoms with E-state index >= 15 is 0 Å². The van der Waals surface area contributed by atoms with Gasteiger partial charge in [-0.1, -0.05) is 23.2 Å². The number of benzene rings is 2. The molecule has 0 unspecified atom stereocenters. The van der Waals surface area contributed by atoms with Crippen LogP contribution in [-0.2, 0) is 0 Å². The molecule has 0 amide bonds. The number of H-pyrrole nitrogens is 2. The highest BCUT2D eigenvalue weighted by Gasteiger charge is 1.94. The number of nitrogens with one attached hydrogen (secondary N) is 2. The van der Waals surface area contributed by atoms with Gasteiger partial charge in [0.05, 0.1) is 34.7 Å². The predicted molar refractivity (Wildman–Crippen MR) is 82.2 cm³/mol. The number of halogens is 2. The van der Waals surface area contributed by atoms with Gasteiger partial charge < -0.3 is 9.97 Å². The maximum Gasteiger partial charge on any atom is 0.0931 e. The molecule has 0 spiro atoms. The third-order valence-corrected chi connectivity index (χ3v) is 3.24. The fourth-order valence-corrected chi connectivity index (χ4v) is 2.15. The van der Waals surface area contributed by atoms with Crippen molar-refractivity contribution in [3.63, 3.8) is 0 Å². The van der Waals surface area contributed by atoms with Crippen LogP contribution in [0.15, 0.2) is 49.1 Å². The van der Waals surface area contributed by atoms with Crippen LogP contribution in [0.3, 0.4) is 0 Å². The molecule has 100 valence electrons. The van der Waals surface area contributed by atoms with Crippen LogP contribution < -0.4 is 0 Å². The maximum atomic E-state index is 5.73. The van der Waals surface area contributed by atoms with E-state index in [0.29, 0.717) is 0 Å². The van der Waals surface area contributed by atoms with Gasteiger partial charge in [-0.2, -0.15) is 0 Å². The minimum absolute atomic E-state index is 0.722. The van der Waals surface area contributed by atoms with Crippen LogP contribution in [0.1, 0.15) is 0 Å². The maximum absolute atomic E-state index is 5.73. The van der Waals surface area contributed by atoms with Crippen molar-refractivity contribution in [3.05, 3.63) is 59.1 Å². The van der Waals surface area contributed by atoms with Gasteiger partial charge in [0, 0.05) is 10.0 Å². The third-order valence-electron chi connectivity index (χ3n) is 2.77. The van der Waals surface area contributed by atoms with E-state index in [4.69, 9.17) is 23.2 Å². The van der Waals surface area contributed by atoms with Crippen molar-refractivity contribution in [2.75, 3.05) is 0 Å². The smallest absolute Gasteiger partial charge is 0.0931 e. The van der Waals surface area contributed by atoms with Crippen molar-refractivity contribution in [2.24, 2.45) is 0 Å². The lowest BCUT2D eigenvalue weighted by molar-refractivity contribution is 1.34. The standard InChI is InChI=1S/2C7H5ClN2/c2*8-5-1-2-6-7(3-5)10-4-9-6/h2*1-4H,(H,9,10). The van der Waals surface area contributed by atoms with Gasteiger partial charge in [-0.3, -0.25) is 0 Å². The molecule has 6 heteroatoms. The molecule has 0 atom stereocenters. The molecule has 0 radical (unpaired) electrons. The summed E-state index contributed by atoms with van der Waals surface area (Å²) in [5.74, 6) is 0. The first-order valence-electron chi connectivity index (χ1n) is 5.89. The van der Waals surface area contributed by atoms with Crippen LogP contribution in [-0.4, -0.2) is 19.9 Å². The van der Waals surface area contributed by atoms with Crippen LogP contribution in [0.5, 0.6) is 0 Å². The quantitative estimate of drug-likeness (QED) is 0.505. The molecule has 2 aromatic carbocycles. The molecule has 0 saturated heterocycles. The largest absolute Gasteiger partial charge is 0.345 e. The highest BCUT2D eigenvalue weighted by molar-refractivity contribution is 6.31. The fourth-order valence-electron chi connectivity index (χ4n) is 1.81. The Morgan fingerprint density at radius 2 is 1.35 bits per heavy atom. The Morgan fingerprint density at radius 1 is 0.700 bits per heavy atom. The zero-order valence-corrected chi connectivity index (χ0v) is 11.8. The second-order valence-corrected chi connectivity index (χ2v) is 5.00. The van der Waals surface area contributed by atoms with Gasteiger partial charge in [0.1, 0.15) is 0 Å². The van der Waals surface area contributed by atoms with E-state index in [1.54, 1.807) is 12.7 Å². The van der Waals surface area contributed by atoms with Crippen molar-refractivity contribution < 1.29 is 0 Å². The summed E-state index contributed by atoms with van der Waals surface area (Å²) in [7, 11) is 0. The molecule has 2 heterocycles. The van der Waals surface area contributed by atoms with Gasteiger partial charge in [-0.15, -0.1) is 0 Å². The number of rotatable bonds is 0. The third kappa shape index (κ3) is 2.76. The molecule has 2 aromatic heterocycles. The van der Waals surface area contributed by atoms with Gasteiger partial charge in [0.15, 0.2) is 0 Å². The summed E-state index contributed by atoms with van der Waals surface area (Å²) in [4.78, 5) is 14.0. The van der Waals surface area contributed by atoms with Gasteiger partial charge in [-0.05, 0) is 36.4 Å². The first kappa shape index (κ1) is 13.0. The van der Waals surface area contributed by atoms with Crippen LogP contribution in [0.25, 0.3) is 22.1 Å². The number of aromatic nitrogens is 4. The highest BCUT2D eigenvalue weighted by Crippen LogP contribution is 2.15. The van der Waals surface area contributed by atoms with Gasteiger partial charge in [0.25, 0.3) is 0 Å². The second kappa shape index (κ2) is 5.53. The number of imidazole rings is 2. The molecular weight excluding hydrogens is 295 g/mol. The molecule has 4 rings (SSSR count). The van der Waals surface area contributed by atoms with Crippen molar-refractivity contribution >= 4 is 45.3 Å². The lowest BCUT2D eigenvalue weighted by atomic mass is 10.3. The molecule has 2 N–H and O–H groups in total. The second-order valence-electron chi connectivity index (χ2n) is 4.13. The zero-order chi connectivity index (χ0) is 13.9. The van der Waals surface area contributed by atoms with Crippen molar-refractivity contribution in [2.45, 2.75) is 0 Å². The van der Waals surface area contributed by atoms with E-state index in [1.807, 2.05) is 36.4 Å². The first-order chi connectivity index (χ1) is 9.72.